The van der Waals surface area contributed by atoms with Crippen molar-refractivity contribution < 1.29 is 22.7 Å². The van der Waals surface area contributed by atoms with Crippen molar-refractivity contribution in [1.82, 2.24) is 23.3 Å². The maximum atomic E-state index is 14.4. The van der Waals surface area contributed by atoms with Crippen LogP contribution in [0.1, 0.15) is 30.0 Å². The fraction of sp³-hybridized carbons (Fsp3) is 0.435. The van der Waals surface area contributed by atoms with E-state index in [4.69, 9.17) is 0 Å². The van der Waals surface area contributed by atoms with Crippen molar-refractivity contribution in [3.8, 4) is 0 Å². The molecule has 0 spiro atoms. The Kier molecular flexibility index (Phi) is 6.80. The molecule has 188 valence electrons. The first-order chi connectivity index (χ1) is 16.5. The van der Waals surface area contributed by atoms with E-state index in [1.807, 2.05) is 19.0 Å². The number of carbonyl (C=O) groups is 1. The maximum Gasteiger partial charge on any atom is 0.331 e. The molecule has 35 heavy (non-hydrogen) atoms. The fourth-order valence-electron chi connectivity index (χ4n) is 4.56. The third-order valence-electron chi connectivity index (χ3n) is 6.15. The normalized spacial score (nSPS) is 15.8. The second kappa shape index (κ2) is 9.51. The Bertz CT molecular complexity index is 1440. The number of fused-ring (bicyclic) bond motifs is 1. The lowest BCUT2D eigenvalue weighted by molar-refractivity contribution is -0.137. The van der Waals surface area contributed by atoms with Gasteiger partial charge in [0.2, 0.25) is 10.0 Å². The van der Waals surface area contributed by atoms with Crippen LogP contribution in [-0.4, -0.2) is 70.0 Å². The molecule has 3 heterocycles. The van der Waals surface area contributed by atoms with E-state index in [0.717, 1.165) is 5.56 Å². The summed E-state index contributed by atoms with van der Waals surface area (Å²) in [6, 6.07) is 5.40. The largest absolute Gasteiger partial charge is 0.480 e. The molecule has 12 heteroatoms. The van der Waals surface area contributed by atoms with E-state index in [-0.39, 0.29) is 24.0 Å². The first-order valence-electron chi connectivity index (χ1n) is 11.2. The number of piperidine rings is 1. The van der Waals surface area contributed by atoms with Gasteiger partial charge in [0.05, 0.1) is 5.52 Å². The van der Waals surface area contributed by atoms with E-state index in [0.29, 0.717) is 36.1 Å². The SMILES string of the molecule is Cc1ccc(S(=O)(=O)N2CCC(n3c(=O)n(CC(=O)O)c4cc(CN(C)C)cnc43)CC2)c(F)c1. The van der Waals surface area contributed by atoms with Crippen molar-refractivity contribution in [2.24, 2.45) is 0 Å². The number of carboxylic acids is 1. The third kappa shape index (κ3) is 4.86. The zero-order valence-corrected chi connectivity index (χ0v) is 20.6. The van der Waals surface area contributed by atoms with Crippen molar-refractivity contribution in [1.29, 1.82) is 0 Å². The quantitative estimate of drug-likeness (QED) is 0.520. The Labute approximate surface area is 202 Å². The lowest BCUT2D eigenvalue weighted by Gasteiger charge is -2.31. The van der Waals surface area contributed by atoms with Crippen LogP contribution in [0, 0.1) is 12.7 Å². The summed E-state index contributed by atoms with van der Waals surface area (Å²) < 4.78 is 44.3. The third-order valence-corrected chi connectivity index (χ3v) is 8.08. The number of rotatable bonds is 7. The van der Waals surface area contributed by atoms with Crippen LogP contribution in [0.3, 0.4) is 0 Å². The van der Waals surface area contributed by atoms with Crippen LogP contribution in [0.2, 0.25) is 0 Å². The number of hydrogen-bond donors (Lipinski definition) is 1. The van der Waals surface area contributed by atoms with Gasteiger partial charge in [0.25, 0.3) is 0 Å². The summed E-state index contributed by atoms with van der Waals surface area (Å²) in [6.07, 6.45) is 2.27. The first kappa shape index (κ1) is 25.0. The van der Waals surface area contributed by atoms with E-state index < -0.39 is 34.0 Å². The van der Waals surface area contributed by atoms with E-state index in [2.05, 4.69) is 4.98 Å². The number of aryl methyl sites for hydroxylation is 1. The number of sulfonamides is 1. The Hall–Kier alpha value is -3.09. The molecule has 0 amide bonds. The fourth-order valence-corrected chi connectivity index (χ4v) is 6.07. The Morgan fingerprint density at radius 3 is 2.51 bits per heavy atom. The molecule has 0 atom stereocenters. The van der Waals surface area contributed by atoms with E-state index in [9.17, 15) is 27.5 Å². The van der Waals surface area contributed by atoms with Crippen molar-refractivity contribution in [2.75, 3.05) is 27.2 Å². The first-order valence-corrected chi connectivity index (χ1v) is 12.7. The lowest BCUT2D eigenvalue weighted by Crippen LogP contribution is -2.41. The molecule has 3 aromatic rings. The molecule has 1 aromatic carbocycles. The van der Waals surface area contributed by atoms with Gasteiger partial charge in [-0.3, -0.25) is 13.9 Å². The molecule has 0 bridgehead atoms. The molecule has 1 aliphatic heterocycles. The molecule has 1 N–H and O–H groups in total. The molecule has 1 saturated heterocycles. The van der Waals surface area contributed by atoms with Gasteiger partial charge < -0.3 is 10.0 Å². The minimum absolute atomic E-state index is 0.0943. The molecular weight excluding hydrogens is 477 g/mol. The van der Waals surface area contributed by atoms with Gasteiger partial charge in [-0.05, 0) is 63.2 Å². The maximum absolute atomic E-state index is 14.4. The molecule has 0 unspecified atom stereocenters. The molecular formula is C23H28FN5O5S. The second-order valence-electron chi connectivity index (χ2n) is 9.13. The van der Waals surface area contributed by atoms with Crippen LogP contribution in [0.4, 0.5) is 4.39 Å². The molecule has 0 radical (unpaired) electrons. The summed E-state index contributed by atoms with van der Waals surface area (Å²) >= 11 is 0. The van der Waals surface area contributed by atoms with E-state index in [1.165, 1.54) is 25.6 Å². The molecule has 10 nitrogen and oxygen atoms in total. The Morgan fingerprint density at radius 2 is 1.91 bits per heavy atom. The highest BCUT2D eigenvalue weighted by Crippen LogP contribution is 2.29. The zero-order valence-electron chi connectivity index (χ0n) is 19.8. The monoisotopic (exact) mass is 505 g/mol. The minimum atomic E-state index is -4.03. The highest BCUT2D eigenvalue weighted by molar-refractivity contribution is 7.89. The topological polar surface area (TPSA) is 118 Å². The van der Waals surface area contributed by atoms with Crippen LogP contribution in [0.5, 0.6) is 0 Å². The van der Waals surface area contributed by atoms with Crippen molar-refractivity contribution in [2.45, 2.75) is 43.8 Å². The van der Waals surface area contributed by atoms with Gasteiger partial charge in [-0.15, -0.1) is 0 Å². The number of nitrogens with zero attached hydrogens (tertiary/aromatic N) is 5. The molecule has 4 rings (SSSR count). The molecule has 2 aromatic heterocycles. The predicted molar refractivity (Wildman–Crippen MR) is 127 cm³/mol. The predicted octanol–water partition coefficient (Wildman–Crippen LogP) is 1.82. The lowest BCUT2D eigenvalue weighted by atomic mass is 10.1. The number of hydrogen-bond acceptors (Lipinski definition) is 6. The molecule has 1 aliphatic rings. The zero-order chi connectivity index (χ0) is 25.5. The average molecular weight is 506 g/mol. The number of pyridine rings is 1. The van der Waals surface area contributed by atoms with Gasteiger partial charge in [-0.1, -0.05) is 6.07 Å². The van der Waals surface area contributed by atoms with Gasteiger partial charge in [0, 0.05) is 31.9 Å². The van der Waals surface area contributed by atoms with Crippen LogP contribution < -0.4 is 5.69 Å². The van der Waals surface area contributed by atoms with Crippen LogP contribution in [0.15, 0.2) is 40.2 Å². The summed E-state index contributed by atoms with van der Waals surface area (Å²) in [5.74, 6) is -1.94. The smallest absolute Gasteiger partial charge is 0.331 e. The molecule has 0 aliphatic carbocycles. The Balaban J connectivity index is 1.65. The molecule has 1 fully saturated rings. The van der Waals surface area contributed by atoms with Crippen molar-refractivity contribution in [3.05, 3.63) is 57.9 Å². The van der Waals surface area contributed by atoms with E-state index in [1.54, 1.807) is 25.3 Å². The van der Waals surface area contributed by atoms with Crippen LogP contribution in [0.25, 0.3) is 11.2 Å². The summed E-state index contributed by atoms with van der Waals surface area (Å²) in [7, 11) is -0.242. The van der Waals surface area contributed by atoms with Crippen molar-refractivity contribution in [3.63, 3.8) is 0 Å². The van der Waals surface area contributed by atoms with Gasteiger partial charge in [-0.2, -0.15) is 4.31 Å². The van der Waals surface area contributed by atoms with E-state index >= 15 is 0 Å². The van der Waals surface area contributed by atoms with Gasteiger partial charge in [0.1, 0.15) is 17.3 Å². The number of imidazole rings is 1. The second-order valence-corrected chi connectivity index (χ2v) is 11.0. The number of aliphatic carboxylic acids is 1. The Morgan fingerprint density at radius 1 is 1.23 bits per heavy atom. The summed E-state index contributed by atoms with van der Waals surface area (Å²) in [5.41, 5.74) is 1.75. The standard InChI is InChI=1S/C23H28FN5O5S/c1-15-4-5-20(18(24)10-15)35(33,34)27-8-6-17(7-9-27)29-22-19(28(23(29)32)14-21(30)31)11-16(12-25-22)13-26(2)3/h4-5,10-12,17H,6-9,13-14H2,1-3H3,(H,30,31). The number of aromatic nitrogens is 3. The van der Waals surface area contributed by atoms with Crippen LogP contribution in [-0.2, 0) is 27.9 Å². The van der Waals surface area contributed by atoms with Gasteiger partial charge >= 0.3 is 11.7 Å². The number of benzene rings is 1. The van der Waals surface area contributed by atoms with Crippen molar-refractivity contribution >= 4 is 27.2 Å². The molecule has 0 saturated carbocycles. The van der Waals surface area contributed by atoms with Gasteiger partial charge in [-0.25, -0.2) is 22.6 Å². The highest BCUT2D eigenvalue weighted by atomic mass is 32.2. The summed E-state index contributed by atoms with van der Waals surface area (Å²) in [5, 5.41) is 9.36. The average Bonchev–Trinajstić information content (AvgIpc) is 3.03. The van der Waals surface area contributed by atoms with Gasteiger partial charge in [0.15, 0.2) is 5.65 Å². The highest BCUT2D eigenvalue weighted by Gasteiger charge is 2.33. The summed E-state index contributed by atoms with van der Waals surface area (Å²) in [4.78, 5) is 30.8. The number of halogens is 1. The van der Waals surface area contributed by atoms with Crippen LogP contribution >= 0.6 is 0 Å². The minimum Gasteiger partial charge on any atom is -0.480 e. The number of carboxylic acid groups (broad SMARTS) is 1. The summed E-state index contributed by atoms with van der Waals surface area (Å²) in [6.45, 7) is 1.94.